The molecule has 1 rings (SSSR count). The first kappa shape index (κ1) is 11.2. The molecule has 0 unspecified atom stereocenters. The van der Waals surface area contributed by atoms with Crippen LogP contribution in [0.15, 0.2) is 0 Å². The molecular formula is C8H12Cl4. The third-order valence-electron chi connectivity index (χ3n) is 2.51. The Morgan fingerprint density at radius 3 is 2.33 bits per heavy atom. The molecule has 0 heterocycles. The maximum Gasteiger partial charge on any atom is 0.0622 e. The Morgan fingerprint density at radius 1 is 1.25 bits per heavy atom. The summed E-state index contributed by atoms with van der Waals surface area (Å²) in [6.45, 7) is 2.03. The fraction of sp³-hybridized carbons (Fsp3) is 1.00. The van der Waals surface area contributed by atoms with Crippen molar-refractivity contribution in [2.24, 2.45) is 0 Å². The molecule has 72 valence electrons. The SMILES string of the molecule is CC[C@@]1(Cl)C[C@@H](Cl)[C@H](Cl)C[C@@H]1Cl. The van der Waals surface area contributed by atoms with Crippen molar-refractivity contribution in [2.75, 3.05) is 0 Å². The van der Waals surface area contributed by atoms with Crippen molar-refractivity contribution in [2.45, 2.75) is 47.2 Å². The first-order valence-electron chi connectivity index (χ1n) is 4.10. The molecular weight excluding hydrogens is 238 g/mol. The normalized spacial score (nSPS) is 49.2. The monoisotopic (exact) mass is 248 g/mol. The molecule has 0 amide bonds. The van der Waals surface area contributed by atoms with E-state index in [1.807, 2.05) is 6.92 Å². The lowest BCUT2D eigenvalue weighted by Gasteiger charge is -2.39. The number of halogens is 4. The molecule has 12 heavy (non-hydrogen) atoms. The summed E-state index contributed by atoms with van der Waals surface area (Å²) in [5, 5.41) is -0.131. The largest absolute Gasteiger partial charge is 0.121 e. The molecule has 0 N–H and O–H groups in total. The van der Waals surface area contributed by atoms with Crippen LogP contribution < -0.4 is 0 Å². The lowest BCUT2D eigenvalue weighted by molar-refractivity contribution is 0.396. The summed E-state index contributed by atoms with van der Waals surface area (Å²) in [6, 6.07) is 0. The average Bonchev–Trinajstić information content (AvgIpc) is 2.01. The molecule has 0 aromatic heterocycles. The van der Waals surface area contributed by atoms with E-state index in [1.54, 1.807) is 0 Å². The maximum atomic E-state index is 6.30. The van der Waals surface area contributed by atoms with Crippen LogP contribution in [-0.4, -0.2) is 21.0 Å². The number of rotatable bonds is 1. The van der Waals surface area contributed by atoms with Gasteiger partial charge in [-0.25, -0.2) is 0 Å². The fourth-order valence-corrected chi connectivity index (χ4v) is 3.01. The lowest BCUT2D eigenvalue weighted by atomic mass is 9.85. The second-order valence-electron chi connectivity index (χ2n) is 3.33. The molecule has 1 aliphatic rings. The highest BCUT2D eigenvalue weighted by atomic mass is 35.5. The van der Waals surface area contributed by atoms with Crippen LogP contribution in [-0.2, 0) is 0 Å². The first-order valence-corrected chi connectivity index (χ1v) is 5.79. The Kier molecular flexibility index (Phi) is 3.86. The molecule has 0 aliphatic heterocycles. The zero-order valence-electron chi connectivity index (χ0n) is 6.87. The predicted octanol–water partition coefficient (Wildman–Crippen LogP) is 3.99. The van der Waals surface area contributed by atoms with E-state index in [0.29, 0.717) is 12.8 Å². The number of hydrogen-bond acceptors (Lipinski definition) is 0. The molecule has 1 saturated carbocycles. The Bertz CT molecular complexity index is 161. The highest BCUT2D eigenvalue weighted by Gasteiger charge is 2.43. The first-order chi connectivity index (χ1) is 5.49. The van der Waals surface area contributed by atoms with Crippen LogP contribution >= 0.6 is 46.4 Å². The van der Waals surface area contributed by atoms with E-state index in [9.17, 15) is 0 Å². The van der Waals surface area contributed by atoms with Gasteiger partial charge in [-0.15, -0.1) is 46.4 Å². The molecule has 0 nitrogen and oxygen atoms in total. The van der Waals surface area contributed by atoms with Crippen LogP contribution in [0.25, 0.3) is 0 Å². The Labute approximate surface area is 93.5 Å². The van der Waals surface area contributed by atoms with Gasteiger partial charge in [-0.1, -0.05) is 6.92 Å². The molecule has 1 aliphatic carbocycles. The summed E-state index contributed by atoms with van der Waals surface area (Å²) in [5.41, 5.74) is 0. The second-order valence-corrected chi connectivity index (χ2v) is 5.73. The van der Waals surface area contributed by atoms with Gasteiger partial charge >= 0.3 is 0 Å². The van der Waals surface area contributed by atoms with E-state index >= 15 is 0 Å². The molecule has 4 atom stereocenters. The van der Waals surface area contributed by atoms with Gasteiger partial charge in [-0.05, 0) is 19.3 Å². The summed E-state index contributed by atoms with van der Waals surface area (Å²) in [7, 11) is 0. The standard InChI is InChI=1S/C8H12Cl4/c1-2-8(12)4-6(10)5(9)3-7(8)11/h5-7H,2-4H2,1H3/t5-,6-,7+,8-/m1/s1. The van der Waals surface area contributed by atoms with Gasteiger partial charge in [-0.3, -0.25) is 0 Å². The molecule has 1 fully saturated rings. The molecule has 0 radical (unpaired) electrons. The Morgan fingerprint density at radius 2 is 1.83 bits per heavy atom. The predicted molar refractivity (Wildman–Crippen MR) is 57.0 cm³/mol. The van der Waals surface area contributed by atoms with Gasteiger partial charge in [0.15, 0.2) is 0 Å². The van der Waals surface area contributed by atoms with Crippen LogP contribution in [0.4, 0.5) is 0 Å². The van der Waals surface area contributed by atoms with Gasteiger partial charge in [0.2, 0.25) is 0 Å². The van der Waals surface area contributed by atoms with Crippen molar-refractivity contribution in [1.82, 2.24) is 0 Å². The van der Waals surface area contributed by atoms with E-state index < -0.39 is 0 Å². The average molecular weight is 250 g/mol. The van der Waals surface area contributed by atoms with E-state index in [4.69, 9.17) is 46.4 Å². The molecule has 0 aromatic carbocycles. The fourth-order valence-electron chi connectivity index (χ4n) is 1.50. The summed E-state index contributed by atoms with van der Waals surface area (Å²) in [6.07, 6.45) is 2.25. The third-order valence-corrected chi connectivity index (χ3v) is 4.97. The van der Waals surface area contributed by atoms with Crippen LogP contribution in [0.3, 0.4) is 0 Å². The maximum absolute atomic E-state index is 6.30. The molecule has 0 aromatic rings. The van der Waals surface area contributed by atoms with Gasteiger partial charge in [0.05, 0.1) is 21.0 Å². The van der Waals surface area contributed by atoms with Gasteiger partial charge in [-0.2, -0.15) is 0 Å². The van der Waals surface area contributed by atoms with Crippen molar-refractivity contribution in [3.8, 4) is 0 Å². The van der Waals surface area contributed by atoms with E-state index in [1.165, 1.54) is 0 Å². The third kappa shape index (κ3) is 2.15. The summed E-state index contributed by atoms with van der Waals surface area (Å²) in [5.74, 6) is 0. The number of hydrogen-bond donors (Lipinski definition) is 0. The lowest BCUT2D eigenvalue weighted by Crippen LogP contribution is -2.44. The zero-order chi connectivity index (χ0) is 9.35. The van der Waals surface area contributed by atoms with Crippen LogP contribution in [0.1, 0.15) is 26.2 Å². The van der Waals surface area contributed by atoms with Gasteiger partial charge in [0, 0.05) is 0 Å². The van der Waals surface area contributed by atoms with Gasteiger partial charge in [0.25, 0.3) is 0 Å². The molecule has 0 saturated heterocycles. The minimum absolute atomic E-state index is 0.0346. The van der Waals surface area contributed by atoms with Crippen molar-refractivity contribution in [3.05, 3.63) is 0 Å². The summed E-state index contributed by atoms with van der Waals surface area (Å²) in [4.78, 5) is -0.348. The Hall–Kier alpha value is 1.16. The molecule has 0 spiro atoms. The van der Waals surface area contributed by atoms with Gasteiger partial charge in [0.1, 0.15) is 0 Å². The van der Waals surface area contributed by atoms with Crippen LogP contribution in [0, 0.1) is 0 Å². The quantitative estimate of drug-likeness (QED) is 0.617. The van der Waals surface area contributed by atoms with Crippen molar-refractivity contribution < 1.29 is 0 Å². The topological polar surface area (TPSA) is 0 Å². The smallest absolute Gasteiger partial charge is 0.0622 e. The van der Waals surface area contributed by atoms with E-state index in [2.05, 4.69) is 0 Å². The van der Waals surface area contributed by atoms with Crippen molar-refractivity contribution in [1.29, 1.82) is 0 Å². The zero-order valence-corrected chi connectivity index (χ0v) is 9.89. The van der Waals surface area contributed by atoms with Crippen LogP contribution in [0.2, 0.25) is 0 Å². The second kappa shape index (κ2) is 4.13. The van der Waals surface area contributed by atoms with Gasteiger partial charge < -0.3 is 0 Å². The van der Waals surface area contributed by atoms with E-state index in [0.717, 1.165) is 6.42 Å². The van der Waals surface area contributed by atoms with E-state index in [-0.39, 0.29) is 21.0 Å². The van der Waals surface area contributed by atoms with Crippen LogP contribution in [0.5, 0.6) is 0 Å². The Balaban J connectivity index is 2.67. The highest BCUT2D eigenvalue weighted by molar-refractivity contribution is 6.36. The summed E-state index contributed by atoms with van der Waals surface area (Å²) >= 11 is 24.4. The summed E-state index contributed by atoms with van der Waals surface area (Å²) < 4.78 is 0. The highest BCUT2D eigenvalue weighted by Crippen LogP contribution is 2.43. The number of alkyl halides is 4. The minimum Gasteiger partial charge on any atom is -0.121 e. The van der Waals surface area contributed by atoms with Crippen molar-refractivity contribution in [3.63, 3.8) is 0 Å². The molecule has 0 bridgehead atoms. The molecule has 4 heteroatoms. The van der Waals surface area contributed by atoms with Crippen molar-refractivity contribution >= 4 is 46.4 Å². The minimum atomic E-state index is -0.348.